The van der Waals surface area contributed by atoms with Crippen LogP contribution in [0.2, 0.25) is 0 Å². The van der Waals surface area contributed by atoms with Crippen LogP contribution >= 0.6 is 0 Å². The van der Waals surface area contributed by atoms with Gasteiger partial charge in [0.15, 0.2) is 0 Å². The van der Waals surface area contributed by atoms with Crippen molar-refractivity contribution in [2.45, 2.75) is 24.9 Å². The Morgan fingerprint density at radius 3 is 2.64 bits per heavy atom. The van der Waals surface area contributed by atoms with Crippen LogP contribution in [0, 0.1) is 0 Å². The fraction of sp³-hybridized carbons (Fsp3) is 0.429. The molecule has 1 saturated heterocycles. The van der Waals surface area contributed by atoms with Gasteiger partial charge in [0.2, 0.25) is 0 Å². The predicted octanol–water partition coefficient (Wildman–Crippen LogP) is 3.63. The lowest BCUT2D eigenvalue weighted by atomic mass is 9.95. The van der Waals surface area contributed by atoms with Crippen molar-refractivity contribution >= 4 is 0 Å². The Bertz CT molecular complexity index is 806. The highest BCUT2D eigenvalue weighted by Gasteiger charge is 2.36. The minimum absolute atomic E-state index is 0.0258. The highest BCUT2D eigenvalue weighted by atomic mass is 19.4. The van der Waals surface area contributed by atoms with Crippen LogP contribution in [0.15, 0.2) is 48.5 Å². The Hall–Kier alpha value is -2.09. The molecule has 2 aliphatic rings. The van der Waals surface area contributed by atoms with Gasteiger partial charge in [0.05, 0.1) is 18.2 Å². The molecule has 7 heteroatoms. The average Bonchev–Trinajstić information content (AvgIpc) is 2.72. The first kappa shape index (κ1) is 19.2. The van der Waals surface area contributed by atoms with E-state index in [-0.39, 0.29) is 18.8 Å². The summed E-state index contributed by atoms with van der Waals surface area (Å²) in [6.45, 7) is 4.08. The molecule has 1 N–H and O–H groups in total. The topological polar surface area (TPSA) is 33.7 Å². The summed E-state index contributed by atoms with van der Waals surface area (Å²) in [6.07, 6.45) is -4.60. The van der Waals surface area contributed by atoms with Crippen molar-refractivity contribution in [3.63, 3.8) is 0 Å². The number of benzene rings is 2. The van der Waals surface area contributed by atoms with Crippen LogP contribution in [-0.2, 0) is 17.5 Å². The summed E-state index contributed by atoms with van der Waals surface area (Å²) in [5, 5.41) is 3.35. The molecular weight excluding hydrogens is 369 g/mol. The molecule has 0 aliphatic carbocycles. The second-order valence-corrected chi connectivity index (χ2v) is 7.13. The van der Waals surface area contributed by atoms with Crippen molar-refractivity contribution in [1.82, 2.24) is 10.2 Å². The second-order valence-electron chi connectivity index (χ2n) is 7.13. The molecule has 0 bridgehead atoms. The Kier molecular flexibility index (Phi) is 5.57. The van der Waals surface area contributed by atoms with Gasteiger partial charge in [-0.2, -0.15) is 13.2 Å². The normalized spacial score (nSPS) is 23.1. The highest BCUT2D eigenvalue weighted by molar-refractivity contribution is 5.38. The number of ether oxygens (including phenoxy) is 2. The van der Waals surface area contributed by atoms with Crippen LogP contribution in [0.25, 0.3) is 0 Å². The van der Waals surface area contributed by atoms with E-state index in [2.05, 4.69) is 10.2 Å². The number of alkyl halides is 3. The Morgan fingerprint density at radius 1 is 1.07 bits per heavy atom. The lowest BCUT2D eigenvalue weighted by Crippen LogP contribution is -2.51. The van der Waals surface area contributed by atoms with E-state index in [1.807, 2.05) is 24.3 Å². The number of nitrogens with zero attached hydrogens (tertiary/aromatic N) is 1. The molecule has 0 spiro atoms. The number of fused-ring (bicyclic) bond motifs is 1. The SMILES string of the molecule is FC(F)(F)c1cccc(CO[C@H]2COc3ccccc3[C@@H]2N2CCNCC2)c1. The minimum atomic E-state index is -4.35. The van der Waals surface area contributed by atoms with Crippen molar-refractivity contribution in [2.75, 3.05) is 32.8 Å². The largest absolute Gasteiger partial charge is 0.490 e. The summed E-state index contributed by atoms with van der Waals surface area (Å²) in [5.41, 5.74) is 0.926. The molecule has 0 radical (unpaired) electrons. The molecule has 2 heterocycles. The second kappa shape index (κ2) is 8.11. The molecular formula is C21H23F3N2O2. The van der Waals surface area contributed by atoms with Gasteiger partial charge < -0.3 is 14.8 Å². The molecule has 2 atom stereocenters. The number of hydrogen-bond donors (Lipinski definition) is 1. The first-order valence-electron chi connectivity index (χ1n) is 9.46. The van der Waals surface area contributed by atoms with Crippen LogP contribution in [0.4, 0.5) is 13.2 Å². The lowest BCUT2D eigenvalue weighted by molar-refractivity contribution is -0.137. The van der Waals surface area contributed by atoms with Gasteiger partial charge in [-0.3, -0.25) is 4.90 Å². The lowest BCUT2D eigenvalue weighted by Gasteiger charge is -2.42. The van der Waals surface area contributed by atoms with E-state index in [9.17, 15) is 13.2 Å². The molecule has 0 saturated carbocycles. The third-order valence-corrected chi connectivity index (χ3v) is 5.26. The van der Waals surface area contributed by atoms with E-state index >= 15 is 0 Å². The average molecular weight is 392 g/mol. The molecule has 150 valence electrons. The van der Waals surface area contributed by atoms with Gasteiger partial charge in [0, 0.05) is 31.7 Å². The fourth-order valence-corrected chi connectivity index (χ4v) is 3.89. The molecule has 2 aromatic carbocycles. The molecule has 1 fully saturated rings. The Morgan fingerprint density at radius 2 is 1.86 bits per heavy atom. The molecule has 2 aliphatic heterocycles. The maximum absolute atomic E-state index is 13.0. The molecule has 2 aromatic rings. The van der Waals surface area contributed by atoms with Gasteiger partial charge in [-0.05, 0) is 23.8 Å². The van der Waals surface area contributed by atoms with Crippen molar-refractivity contribution in [2.24, 2.45) is 0 Å². The van der Waals surface area contributed by atoms with Crippen molar-refractivity contribution < 1.29 is 22.6 Å². The number of piperazine rings is 1. The zero-order chi connectivity index (χ0) is 19.6. The maximum atomic E-state index is 13.0. The number of rotatable bonds is 4. The van der Waals surface area contributed by atoms with Crippen LogP contribution < -0.4 is 10.1 Å². The highest BCUT2D eigenvalue weighted by Crippen LogP contribution is 2.38. The molecule has 4 nitrogen and oxygen atoms in total. The number of para-hydroxylation sites is 1. The number of hydrogen-bond acceptors (Lipinski definition) is 4. The predicted molar refractivity (Wildman–Crippen MR) is 99.1 cm³/mol. The van der Waals surface area contributed by atoms with Gasteiger partial charge >= 0.3 is 6.18 Å². The molecule has 0 unspecified atom stereocenters. The van der Waals surface area contributed by atoms with E-state index < -0.39 is 11.7 Å². The Labute approximate surface area is 162 Å². The summed E-state index contributed by atoms with van der Waals surface area (Å²) in [6, 6.07) is 13.2. The standard InChI is InChI=1S/C21H23F3N2O2/c22-21(23,24)16-5-3-4-15(12-16)13-27-19-14-28-18-7-2-1-6-17(18)20(19)26-10-8-25-9-11-26/h1-7,12,19-20,25H,8-11,13-14H2/t19-,20-/m0/s1. The van der Waals surface area contributed by atoms with E-state index in [4.69, 9.17) is 9.47 Å². The monoisotopic (exact) mass is 392 g/mol. The van der Waals surface area contributed by atoms with E-state index in [0.29, 0.717) is 12.2 Å². The zero-order valence-corrected chi connectivity index (χ0v) is 15.4. The molecule has 0 aromatic heterocycles. The van der Waals surface area contributed by atoms with Crippen LogP contribution in [0.5, 0.6) is 5.75 Å². The smallest absolute Gasteiger partial charge is 0.416 e. The van der Waals surface area contributed by atoms with Crippen LogP contribution in [0.3, 0.4) is 0 Å². The quantitative estimate of drug-likeness (QED) is 0.862. The summed E-state index contributed by atoms with van der Waals surface area (Å²) >= 11 is 0. The first-order chi connectivity index (χ1) is 13.5. The van der Waals surface area contributed by atoms with Crippen molar-refractivity contribution in [1.29, 1.82) is 0 Å². The fourth-order valence-electron chi connectivity index (χ4n) is 3.89. The van der Waals surface area contributed by atoms with Crippen LogP contribution in [-0.4, -0.2) is 43.8 Å². The van der Waals surface area contributed by atoms with Gasteiger partial charge in [0.25, 0.3) is 0 Å². The molecule has 28 heavy (non-hydrogen) atoms. The van der Waals surface area contributed by atoms with Gasteiger partial charge in [-0.1, -0.05) is 30.3 Å². The summed E-state index contributed by atoms with van der Waals surface area (Å²) in [4.78, 5) is 2.37. The maximum Gasteiger partial charge on any atom is 0.416 e. The van der Waals surface area contributed by atoms with Gasteiger partial charge in [-0.15, -0.1) is 0 Å². The summed E-state index contributed by atoms with van der Waals surface area (Å²) in [7, 11) is 0. The van der Waals surface area contributed by atoms with Crippen molar-refractivity contribution in [3.05, 3.63) is 65.2 Å². The number of nitrogens with one attached hydrogen (secondary N) is 1. The van der Waals surface area contributed by atoms with E-state index in [1.54, 1.807) is 6.07 Å². The zero-order valence-electron chi connectivity index (χ0n) is 15.4. The third-order valence-electron chi connectivity index (χ3n) is 5.26. The van der Waals surface area contributed by atoms with Crippen molar-refractivity contribution in [3.8, 4) is 5.75 Å². The third kappa shape index (κ3) is 4.16. The molecule has 4 rings (SSSR count). The first-order valence-corrected chi connectivity index (χ1v) is 9.46. The minimum Gasteiger partial charge on any atom is -0.490 e. The van der Waals surface area contributed by atoms with E-state index in [1.165, 1.54) is 6.07 Å². The number of halogens is 3. The summed E-state index contributed by atoms with van der Waals surface area (Å²) in [5.74, 6) is 0.852. The van der Waals surface area contributed by atoms with Crippen LogP contribution in [0.1, 0.15) is 22.7 Å². The summed E-state index contributed by atoms with van der Waals surface area (Å²) < 4.78 is 50.9. The van der Waals surface area contributed by atoms with Gasteiger partial charge in [-0.25, -0.2) is 0 Å². The Balaban J connectivity index is 1.53. The van der Waals surface area contributed by atoms with Gasteiger partial charge in [0.1, 0.15) is 18.5 Å². The molecule has 0 amide bonds. The van der Waals surface area contributed by atoms with E-state index in [0.717, 1.165) is 49.6 Å².